The molecule has 42 heavy (non-hydrogen) atoms. The van der Waals surface area contributed by atoms with Crippen LogP contribution in [-0.4, -0.2) is 31.4 Å². The zero-order valence-electron chi connectivity index (χ0n) is 23.8. The minimum absolute atomic E-state index is 0.0324. The first-order valence-electron chi connectivity index (χ1n) is 13.5. The molecule has 0 unspecified atom stereocenters. The first-order chi connectivity index (χ1) is 20.3. The van der Waals surface area contributed by atoms with E-state index in [0.29, 0.717) is 50.7 Å². The van der Waals surface area contributed by atoms with Gasteiger partial charge in [0, 0.05) is 10.4 Å². The molecule has 0 radical (unpaired) electrons. The predicted octanol–water partition coefficient (Wildman–Crippen LogP) is 5.17. The normalized spacial score (nSPS) is 18.5. The summed E-state index contributed by atoms with van der Waals surface area (Å²) in [4.78, 5) is 32.3. The maximum absolute atomic E-state index is 14.0. The van der Waals surface area contributed by atoms with Crippen LogP contribution in [0, 0.1) is 5.92 Å². The fourth-order valence-electron chi connectivity index (χ4n) is 4.99. The number of hydrogen-bond acceptors (Lipinski definition) is 8. The van der Waals surface area contributed by atoms with Crippen molar-refractivity contribution in [1.29, 1.82) is 0 Å². The number of carbonyl (C=O) groups is 1. The van der Waals surface area contributed by atoms with E-state index in [4.69, 9.17) is 18.9 Å². The molecule has 1 aliphatic heterocycles. The highest BCUT2D eigenvalue weighted by Gasteiger charge is 2.34. The molecule has 8 nitrogen and oxygen atoms in total. The first-order valence-corrected chi connectivity index (χ1v) is 15.1. The fourth-order valence-corrected chi connectivity index (χ4v) is 6.71. The van der Waals surface area contributed by atoms with E-state index in [-0.39, 0.29) is 18.1 Å². The van der Waals surface area contributed by atoms with Crippen LogP contribution in [0.5, 0.6) is 11.5 Å². The van der Waals surface area contributed by atoms with Gasteiger partial charge in [0.2, 0.25) is 0 Å². The summed E-state index contributed by atoms with van der Waals surface area (Å²) in [5, 5.41) is 0. The van der Waals surface area contributed by atoms with Gasteiger partial charge in [-0.15, -0.1) is 0 Å². The number of methoxy groups -OCH3 is 2. The summed E-state index contributed by atoms with van der Waals surface area (Å²) >= 11 is 4.98. The number of ether oxygens (including phenoxy) is 4. The Hall–Kier alpha value is -3.89. The topological polar surface area (TPSA) is 88.4 Å². The molecule has 2 heterocycles. The summed E-state index contributed by atoms with van der Waals surface area (Å²) in [6.45, 7) is 4.18. The van der Waals surface area contributed by atoms with Crippen LogP contribution in [0.1, 0.15) is 37.4 Å². The summed E-state index contributed by atoms with van der Waals surface area (Å²) in [6.07, 6.45) is 6.56. The molecule has 2 aromatic carbocycles. The standard InChI is InChI=1S/C32H31BrN2O6S/c1-5-40-31(37)28-19(2)34-32-35(29(28)22-12-14-25(38-3)26(17-22)39-4)30(36)27(42-32)16-21-11-13-24(23(33)15-21)41-18-20-9-7-6-8-10-20/h6-14,16-17,21,29H,5,15,18H2,1-4H3/b27-16-/t21-,29+/m0/s1. The monoisotopic (exact) mass is 650 g/mol. The number of aromatic nitrogens is 1. The van der Waals surface area contributed by atoms with Crippen molar-refractivity contribution in [2.24, 2.45) is 10.9 Å². The molecular formula is C32H31BrN2O6S. The molecule has 2 aliphatic rings. The lowest BCUT2D eigenvalue weighted by atomic mass is 9.95. The molecule has 1 aliphatic carbocycles. The van der Waals surface area contributed by atoms with Gasteiger partial charge < -0.3 is 18.9 Å². The Labute approximate surface area is 256 Å². The number of thiazole rings is 1. The molecule has 2 atom stereocenters. The van der Waals surface area contributed by atoms with Gasteiger partial charge >= 0.3 is 5.97 Å². The zero-order valence-corrected chi connectivity index (χ0v) is 26.2. The highest BCUT2D eigenvalue weighted by Crippen LogP contribution is 2.36. The maximum Gasteiger partial charge on any atom is 0.338 e. The Balaban J connectivity index is 1.51. The minimum Gasteiger partial charge on any atom is -0.493 e. The highest BCUT2D eigenvalue weighted by atomic mass is 79.9. The van der Waals surface area contributed by atoms with Gasteiger partial charge in [0.15, 0.2) is 16.3 Å². The molecule has 10 heteroatoms. The number of esters is 1. The molecule has 5 rings (SSSR count). The van der Waals surface area contributed by atoms with E-state index in [2.05, 4.69) is 20.9 Å². The molecule has 0 saturated heterocycles. The van der Waals surface area contributed by atoms with Gasteiger partial charge in [0.25, 0.3) is 5.56 Å². The first kappa shape index (κ1) is 29.6. The van der Waals surface area contributed by atoms with Crippen LogP contribution in [0.3, 0.4) is 0 Å². The summed E-state index contributed by atoms with van der Waals surface area (Å²) in [5.74, 6) is 1.26. The van der Waals surface area contributed by atoms with Gasteiger partial charge in [-0.05, 0) is 49.6 Å². The minimum atomic E-state index is -0.742. The van der Waals surface area contributed by atoms with E-state index < -0.39 is 12.0 Å². The lowest BCUT2D eigenvalue weighted by Gasteiger charge is -2.25. The maximum atomic E-state index is 14.0. The Bertz CT molecular complexity index is 1770. The third-order valence-corrected chi connectivity index (χ3v) is 8.74. The summed E-state index contributed by atoms with van der Waals surface area (Å²) < 4.78 is 25.4. The Morgan fingerprint density at radius 3 is 2.60 bits per heavy atom. The van der Waals surface area contributed by atoms with Crippen molar-refractivity contribution in [1.82, 2.24) is 4.57 Å². The third-order valence-electron chi connectivity index (χ3n) is 7.02. The van der Waals surface area contributed by atoms with Crippen molar-refractivity contribution < 1.29 is 23.7 Å². The number of benzene rings is 2. The third kappa shape index (κ3) is 6.00. The number of fused-ring (bicyclic) bond motifs is 1. The fraction of sp³-hybridized carbons (Fsp3) is 0.281. The van der Waals surface area contributed by atoms with Crippen LogP contribution in [0.4, 0.5) is 0 Å². The number of allylic oxidation sites excluding steroid dienone is 4. The van der Waals surface area contributed by atoms with Gasteiger partial charge in [-0.2, -0.15) is 0 Å². The van der Waals surface area contributed by atoms with E-state index in [9.17, 15) is 9.59 Å². The van der Waals surface area contributed by atoms with Gasteiger partial charge in [0.05, 0.1) is 42.7 Å². The molecule has 1 aromatic heterocycles. The van der Waals surface area contributed by atoms with Crippen molar-refractivity contribution in [3.63, 3.8) is 0 Å². The van der Waals surface area contributed by atoms with Crippen molar-refractivity contribution >= 4 is 39.3 Å². The number of carbonyl (C=O) groups excluding carboxylic acids is 1. The van der Waals surface area contributed by atoms with Crippen LogP contribution in [0.25, 0.3) is 6.08 Å². The second-order valence-corrected chi connectivity index (χ2v) is 11.7. The number of halogens is 1. The van der Waals surface area contributed by atoms with Crippen molar-refractivity contribution in [3.05, 3.63) is 113 Å². The van der Waals surface area contributed by atoms with Crippen LogP contribution in [0.15, 0.2) is 92.0 Å². The van der Waals surface area contributed by atoms with Gasteiger partial charge in [0.1, 0.15) is 12.4 Å². The molecule has 0 saturated carbocycles. The smallest absolute Gasteiger partial charge is 0.338 e. The Morgan fingerprint density at radius 1 is 1.14 bits per heavy atom. The average molecular weight is 652 g/mol. The highest BCUT2D eigenvalue weighted by molar-refractivity contribution is 9.11. The van der Waals surface area contributed by atoms with Gasteiger partial charge in [-0.1, -0.05) is 75.8 Å². The predicted molar refractivity (Wildman–Crippen MR) is 165 cm³/mol. The Kier molecular flexibility index (Phi) is 9.13. The lowest BCUT2D eigenvalue weighted by Crippen LogP contribution is -2.40. The van der Waals surface area contributed by atoms with E-state index in [1.807, 2.05) is 54.6 Å². The van der Waals surface area contributed by atoms with Crippen LogP contribution < -0.4 is 24.4 Å². The molecule has 0 N–H and O–H groups in total. The molecular weight excluding hydrogens is 620 g/mol. The van der Waals surface area contributed by atoms with Crippen LogP contribution in [-0.2, 0) is 20.9 Å². The number of hydrogen-bond donors (Lipinski definition) is 0. The number of nitrogens with zero attached hydrogens (tertiary/aromatic N) is 2. The lowest BCUT2D eigenvalue weighted by molar-refractivity contribution is -0.139. The average Bonchev–Trinajstić information content (AvgIpc) is 3.29. The van der Waals surface area contributed by atoms with E-state index in [1.54, 1.807) is 44.8 Å². The molecule has 0 fully saturated rings. The van der Waals surface area contributed by atoms with E-state index in [1.165, 1.54) is 11.3 Å². The van der Waals surface area contributed by atoms with Crippen molar-refractivity contribution in [3.8, 4) is 11.5 Å². The van der Waals surface area contributed by atoms with Crippen molar-refractivity contribution in [2.75, 3.05) is 20.8 Å². The van der Waals surface area contributed by atoms with E-state index >= 15 is 0 Å². The SMILES string of the molecule is CCOC(=O)C1=C(C)N=c2s/c(=C\[C@H]3C=CC(OCc4ccccc4)=C(Br)C3)c(=O)n2[C@@H]1c1ccc(OC)c(OC)c1. The van der Waals surface area contributed by atoms with Crippen LogP contribution >= 0.6 is 27.3 Å². The molecule has 3 aromatic rings. The largest absolute Gasteiger partial charge is 0.493 e. The molecule has 0 bridgehead atoms. The number of rotatable bonds is 9. The molecule has 0 spiro atoms. The van der Waals surface area contributed by atoms with E-state index in [0.717, 1.165) is 15.8 Å². The summed E-state index contributed by atoms with van der Waals surface area (Å²) in [5.41, 5.74) is 2.35. The Morgan fingerprint density at radius 2 is 1.90 bits per heavy atom. The summed E-state index contributed by atoms with van der Waals surface area (Å²) in [6, 6.07) is 14.6. The van der Waals surface area contributed by atoms with Crippen LogP contribution in [0.2, 0.25) is 0 Å². The quantitative estimate of drug-likeness (QED) is 0.297. The molecule has 218 valence electrons. The van der Waals surface area contributed by atoms with Gasteiger partial charge in [-0.25, -0.2) is 9.79 Å². The van der Waals surface area contributed by atoms with Gasteiger partial charge in [-0.3, -0.25) is 9.36 Å². The zero-order chi connectivity index (χ0) is 29.8. The van der Waals surface area contributed by atoms with Crippen molar-refractivity contribution in [2.45, 2.75) is 32.9 Å². The second-order valence-electron chi connectivity index (χ2n) is 9.71. The summed E-state index contributed by atoms with van der Waals surface area (Å²) in [7, 11) is 3.10. The second kappa shape index (κ2) is 13.0. The molecule has 0 amide bonds.